The lowest BCUT2D eigenvalue weighted by Crippen LogP contribution is -2.05. The van der Waals surface area contributed by atoms with E-state index in [1.165, 1.54) is 7.11 Å². The van der Waals surface area contributed by atoms with Crippen molar-refractivity contribution in [2.75, 3.05) is 28.4 Å². The standard InChI is InChI=1S/C19H19NO6/c1-22-14-7-5-11(9-17(14)24-3)16-10-13(20-21)12-6-8-15(23-2)19(25-4)18(12)26-16/h5-10,21H,1-4H3/b20-13+. The van der Waals surface area contributed by atoms with Gasteiger partial charge in [0, 0.05) is 11.6 Å². The van der Waals surface area contributed by atoms with E-state index in [1.807, 2.05) is 6.07 Å². The minimum atomic E-state index is 0.344. The van der Waals surface area contributed by atoms with Crippen molar-refractivity contribution in [3.8, 4) is 34.3 Å². The number of methoxy groups -OCH3 is 4. The second-order valence-corrected chi connectivity index (χ2v) is 5.34. The van der Waals surface area contributed by atoms with Crippen LogP contribution in [0.15, 0.2) is 46.0 Å². The quantitative estimate of drug-likeness (QED) is 0.556. The van der Waals surface area contributed by atoms with Crippen LogP contribution in [0.4, 0.5) is 0 Å². The molecule has 7 nitrogen and oxygen atoms in total. The third kappa shape index (κ3) is 2.88. The van der Waals surface area contributed by atoms with E-state index in [2.05, 4.69) is 5.16 Å². The summed E-state index contributed by atoms with van der Waals surface area (Å²) in [6.45, 7) is 0. The van der Waals surface area contributed by atoms with E-state index in [9.17, 15) is 5.21 Å². The number of hydrogen-bond donors (Lipinski definition) is 1. The third-order valence-corrected chi connectivity index (χ3v) is 4.03. The second-order valence-electron chi connectivity index (χ2n) is 5.34. The van der Waals surface area contributed by atoms with Gasteiger partial charge in [0.1, 0.15) is 11.1 Å². The molecular formula is C19H19NO6. The first-order valence-electron chi connectivity index (χ1n) is 7.76. The molecule has 2 aromatic carbocycles. The van der Waals surface area contributed by atoms with Crippen LogP contribution in [0.3, 0.4) is 0 Å². The summed E-state index contributed by atoms with van der Waals surface area (Å²) < 4.78 is 27.4. The summed E-state index contributed by atoms with van der Waals surface area (Å²) in [5, 5.41) is 13.8. The normalized spacial score (nSPS) is 11.5. The maximum Gasteiger partial charge on any atom is 0.204 e. The van der Waals surface area contributed by atoms with Gasteiger partial charge in [0.25, 0.3) is 0 Å². The second kappa shape index (κ2) is 7.26. The van der Waals surface area contributed by atoms with Gasteiger partial charge in [0.05, 0.1) is 33.8 Å². The molecule has 3 aromatic rings. The molecule has 3 rings (SSSR count). The molecule has 0 saturated carbocycles. The van der Waals surface area contributed by atoms with Crippen molar-refractivity contribution in [1.29, 1.82) is 0 Å². The van der Waals surface area contributed by atoms with Crippen LogP contribution in [-0.2, 0) is 0 Å². The highest BCUT2D eigenvalue weighted by Crippen LogP contribution is 2.37. The molecule has 26 heavy (non-hydrogen) atoms. The maximum atomic E-state index is 9.45. The van der Waals surface area contributed by atoms with Crippen LogP contribution in [0, 0.1) is 0 Å². The van der Waals surface area contributed by atoms with E-state index in [0.717, 1.165) is 5.56 Å². The van der Waals surface area contributed by atoms with Gasteiger partial charge in [-0.15, -0.1) is 0 Å². The average molecular weight is 357 g/mol. The lowest BCUT2D eigenvalue weighted by molar-refractivity contribution is 0.302. The van der Waals surface area contributed by atoms with Crippen molar-refractivity contribution in [3.05, 3.63) is 41.8 Å². The zero-order valence-electron chi connectivity index (χ0n) is 14.9. The molecule has 0 saturated heterocycles. The number of benzene rings is 2. The predicted octanol–water partition coefficient (Wildman–Crippen LogP) is 3.42. The van der Waals surface area contributed by atoms with Crippen LogP contribution in [-0.4, -0.2) is 33.6 Å². The fraction of sp³-hybridized carbons (Fsp3) is 0.211. The van der Waals surface area contributed by atoms with Gasteiger partial charge >= 0.3 is 0 Å². The highest BCUT2D eigenvalue weighted by atomic mass is 16.5. The van der Waals surface area contributed by atoms with Gasteiger partial charge < -0.3 is 28.6 Å². The van der Waals surface area contributed by atoms with Crippen molar-refractivity contribution < 1.29 is 28.6 Å². The van der Waals surface area contributed by atoms with E-state index in [1.54, 1.807) is 51.7 Å². The fourth-order valence-electron chi connectivity index (χ4n) is 2.76. The Morgan fingerprint density at radius 1 is 0.808 bits per heavy atom. The van der Waals surface area contributed by atoms with E-state index in [0.29, 0.717) is 45.1 Å². The van der Waals surface area contributed by atoms with Crippen molar-refractivity contribution in [1.82, 2.24) is 0 Å². The number of hydrogen-bond acceptors (Lipinski definition) is 7. The van der Waals surface area contributed by atoms with Crippen LogP contribution in [0.5, 0.6) is 23.0 Å². The molecule has 0 spiro atoms. The molecular weight excluding hydrogens is 338 g/mol. The van der Waals surface area contributed by atoms with Gasteiger partial charge in [0.15, 0.2) is 22.8 Å². The topological polar surface area (TPSA) is 82.7 Å². The van der Waals surface area contributed by atoms with Crippen LogP contribution in [0.1, 0.15) is 0 Å². The third-order valence-electron chi connectivity index (χ3n) is 4.03. The number of rotatable bonds is 5. The molecule has 1 N–H and O–H groups in total. The Bertz CT molecular complexity index is 1010. The minimum Gasteiger partial charge on any atom is -0.493 e. The number of fused-ring (bicyclic) bond motifs is 1. The molecule has 0 unspecified atom stereocenters. The molecule has 136 valence electrons. The number of ether oxygens (including phenoxy) is 4. The molecule has 1 aromatic heterocycles. The monoisotopic (exact) mass is 357 g/mol. The Morgan fingerprint density at radius 3 is 2.12 bits per heavy atom. The SMILES string of the molecule is COc1ccc(-c2c/c(=N\O)c3ccc(OC)c(OC)c3o2)cc1OC. The first-order valence-corrected chi connectivity index (χ1v) is 7.76. The molecule has 0 radical (unpaired) electrons. The molecule has 7 heteroatoms. The number of nitrogens with zero attached hydrogens (tertiary/aromatic N) is 1. The van der Waals surface area contributed by atoms with E-state index >= 15 is 0 Å². The summed E-state index contributed by atoms with van der Waals surface area (Å²) in [4.78, 5) is 0. The van der Waals surface area contributed by atoms with Crippen LogP contribution >= 0.6 is 0 Å². The Kier molecular flexibility index (Phi) is 4.88. The van der Waals surface area contributed by atoms with Crippen LogP contribution < -0.4 is 24.3 Å². The fourth-order valence-corrected chi connectivity index (χ4v) is 2.76. The van der Waals surface area contributed by atoms with Gasteiger partial charge in [-0.3, -0.25) is 0 Å². The highest BCUT2D eigenvalue weighted by molar-refractivity contribution is 5.86. The zero-order chi connectivity index (χ0) is 18.7. The van der Waals surface area contributed by atoms with Crippen molar-refractivity contribution >= 4 is 11.0 Å². The van der Waals surface area contributed by atoms with Gasteiger partial charge in [-0.1, -0.05) is 5.16 Å². The molecule has 0 amide bonds. The maximum absolute atomic E-state index is 9.45. The molecule has 0 aliphatic carbocycles. The molecule has 0 aliphatic heterocycles. The van der Waals surface area contributed by atoms with Crippen LogP contribution in [0.25, 0.3) is 22.3 Å². The van der Waals surface area contributed by atoms with Crippen molar-refractivity contribution in [3.63, 3.8) is 0 Å². The zero-order valence-corrected chi connectivity index (χ0v) is 14.9. The van der Waals surface area contributed by atoms with Gasteiger partial charge in [-0.05, 0) is 30.3 Å². The smallest absolute Gasteiger partial charge is 0.204 e. The summed E-state index contributed by atoms with van der Waals surface area (Å²) >= 11 is 0. The lowest BCUT2D eigenvalue weighted by atomic mass is 10.1. The van der Waals surface area contributed by atoms with Gasteiger partial charge in [-0.2, -0.15) is 0 Å². The lowest BCUT2D eigenvalue weighted by Gasteiger charge is -2.12. The van der Waals surface area contributed by atoms with Gasteiger partial charge in [0.2, 0.25) is 5.75 Å². The summed E-state index contributed by atoms with van der Waals surface area (Å²) in [5.41, 5.74) is 1.13. The first kappa shape index (κ1) is 17.5. The van der Waals surface area contributed by atoms with Crippen molar-refractivity contribution in [2.45, 2.75) is 0 Å². The summed E-state index contributed by atoms with van der Waals surface area (Å²) in [6, 6.07) is 10.5. The molecule has 0 atom stereocenters. The first-order chi connectivity index (χ1) is 12.7. The highest BCUT2D eigenvalue weighted by Gasteiger charge is 2.16. The predicted molar refractivity (Wildman–Crippen MR) is 95.2 cm³/mol. The largest absolute Gasteiger partial charge is 0.493 e. The average Bonchev–Trinajstić information content (AvgIpc) is 2.71. The molecule has 0 aliphatic rings. The summed E-state index contributed by atoms with van der Waals surface area (Å²) in [6.07, 6.45) is 0. The summed E-state index contributed by atoms with van der Waals surface area (Å²) in [7, 11) is 6.18. The Balaban J connectivity index is 2.31. The minimum absolute atomic E-state index is 0.344. The van der Waals surface area contributed by atoms with E-state index in [-0.39, 0.29) is 0 Å². The molecule has 0 fully saturated rings. The Labute approximate surface area is 150 Å². The van der Waals surface area contributed by atoms with Crippen LogP contribution in [0.2, 0.25) is 0 Å². The van der Waals surface area contributed by atoms with Gasteiger partial charge in [-0.25, -0.2) is 0 Å². The van der Waals surface area contributed by atoms with E-state index in [4.69, 9.17) is 23.4 Å². The molecule has 1 heterocycles. The van der Waals surface area contributed by atoms with Crippen molar-refractivity contribution in [2.24, 2.45) is 5.16 Å². The Hall–Kier alpha value is -3.35. The van der Waals surface area contributed by atoms with E-state index < -0.39 is 0 Å². The Morgan fingerprint density at radius 2 is 1.50 bits per heavy atom. The molecule has 0 bridgehead atoms. The summed E-state index contributed by atoms with van der Waals surface area (Å²) in [5.74, 6) is 2.55.